The molecule has 4 aliphatic rings. The Morgan fingerprint density at radius 2 is 1.12 bits per heavy atom. The van der Waals surface area contributed by atoms with Crippen molar-refractivity contribution >= 4 is 78.0 Å². The van der Waals surface area contributed by atoms with Gasteiger partial charge in [-0.2, -0.15) is 0 Å². The lowest BCUT2D eigenvalue weighted by Crippen LogP contribution is -2.60. The van der Waals surface area contributed by atoms with E-state index in [1.54, 1.807) is 0 Å². The topological polar surface area (TPSA) is 6.48 Å². The van der Waals surface area contributed by atoms with E-state index in [-0.39, 0.29) is 12.1 Å². The highest BCUT2D eigenvalue weighted by Gasteiger charge is 2.53. The standard InChI is InChI=1S/C65H51BN2S/c1-39(2)42-25-31-49-50-37-51-60(38-55(50)65(54(49)35-42)52-23-15-13-21-47(52)48-22-14-16-24-53(48)65)69-63-62(51)68(45-19-11-8-12-20-45)59-34-40(3)33-58-61(59)66(63)56-32-26-43(41-17-9-7-10-18-41)36-57(56)67(58)46-29-27-44(28-30-46)64(4,5)6/h7-39H,1-6H3. The zero-order valence-corrected chi connectivity index (χ0v) is 40.7. The summed E-state index contributed by atoms with van der Waals surface area (Å²) in [7, 11) is 0. The third-order valence-electron chi connectivity index (χ3n) is 15.8. The SMILES string of the molecule is Cc1cc2c3c(c1)N(c1ccccc1)c1c(sc4cc5c(cc14)-c1ccc(C(C)C)cc1C51c4ccccc4-c4ccccc41)B3c1ccc(-c3ccccc3)cc1N2c1ccc(C(C)(C)C)cc1. The Labute approximate surface area is 410 Å². The van der Waals surface area contributed by atoms with Gasteiger partial charge in [-0.05, 0) is 156 Å². The number of fused-ring (bicyclic) bond motifs is 16. The second kappa shape index (κ2) is 14.6. The van der Waals surface area contributed by atoms with Crippen molar-refractivity contribution in [1.29, 1.82) is 0 Å². The molecule has 0 saturated carbocycles. The molecule has 0 unspecified atom stereocenters. The lowest BCUT2D eigenvalue weighted by Gasteiger charge is -2.43. The number of nitrogens with zero attached hydrogens (tertiary/aromatic N) is 2. The summed E-state index contributed by atoms with van der Waals surface area (Å²) in [6.45, 7) is 13.8. The molecule has 2 nitrogen and oxygen atoms in total. The van der Waals surface area contributed by atoms with E-state index in [1.165, 1.54) is 132 Å². The minimum Gasteiger partial charge on any atom is -0.311 e. The van der Waals surface area contributed by atoms with E-state index in [0.717, 1.165) is 0 Å². The summed E-state index contributed by atoms with van der Waals surface area (Å²) in [5.74, 6) is 0.409. The van der Waals surface area contributed by atoms with Crippen LogP contribution in [0.4, 0.5) is 34.1 Å². The van der Waals surface area contributed by atoms with Gasteiger partial charge in [-0.3, -0.25) is 0 Å². The van der Waals surface area contributed by atoms with Gasteiger partial charge in [-0.1, -0.05) is 174 Å². The van der Waals surface area contributed by atoms with Crippen LogP contribution in [0.1, 0.15) is 79.5 Å². The second-order valence-electron chi connectivity index (χ2n) is 21.1. The average Bonchev–Trinajstić information content (AvgIpc) is 3.99. The first-order chi connectivity index (χ1) is 33.6. The van der Waals surface area contributed by atoms with Crippen LogP contribution in [0, 0.1) is 6.92 Å². The normalized spacial score (nSPS) is 14.4. The van der Waals surface area contributed by atoms with Crippen LogP contribution < -0.4 is 25.5 Å². The van der Waals surface area contributed by atoms with Crippen LogP contribution in [-0.2, 0) is 10.8 Å². The summed E-state index contributed by atoms with van der Waals surface area (Å²) >= 11 is 2.00. The van der Waals surface area contributed by atoms with Crippen molar-refractivity contribution in [1.82, 2.24) is 0 Å². The van der Waals surface area contributed by atoms with Gasteiger partial charge in [-0.15, -0.1) is 11.3 Å². The maximum atomic E-state index is 2.62. The summed E-state index contributed by atoms with van der Waals surface area (Å²) in [4.78, 5) is 5.18. The van der Waals surface area contributed by atoms with E-state index in [2.05, 4.69) is 245 Å². The Morgan fingerprint density at radius 3 is 1.80 bits per heavy atom. The molecule has 1 aromatic heterocycles. The van der Waals surface area contributed by atoms with Crippen LogP contribution in [-0.4, -0.2) is 6.71 Å². The monoisotopic (exact) mass is 902 g/mol. The van der Waals surface area contributed by atoms with Gasteiger partial charge in [0.2, 0.25) is 0 Å². The molecule has 0 N–H and O–H groups in total. The Bertz CT molecular complexity index is 3720. The maximum Gasteiger partial charge on any atom is 0.264 e. The van der Waals surface area contributed by atoms with Crippen molar-refractivity contribution in [3.63, 3.8) is 0 Å². The molecule has 0 bridgehead atoms. The molecule has 0 fully saturated rings. The summed E-state index contributed by atoms with van der Waals surface area (Å²) in [6, 6.07) is 74.5. The largest absolute Gasteiger partial charge is 0.311 e. The zero-order chi connectivity index (χ0) is 46.5. The third-order valence-corrected chi connectivity index (χ3v) is 17.0. The van der Waals surface area contributed by atoms with Crippen molar-refractivity contribution in [2.75, 3.05) is 9.80 Å². The Balaban J connectivity index is 1.08. The van der Waals surface area contributed by atoms with Crippen LogP contribution in [0.3, 0.4) is 0 Å². The highest BCUT2D eigenvalue weighted by atomic mass is 32.1. The molecule has 0 radical (unpaired) electrons. The lowest BCUT2D eigenvalue weighted by atomic mass is 9.36. The van der Waals surface area contributed by atoms with Gasteiger partial charge in [0.1, 0.15) is 0 Å². The number of para-hydroxylation sites is 1. The average molecular weight is 903 g/mol. The first kappa shape index (κ1) is 40.7. The molecule has 0 atom stereocenters. The van der Waals surface area contributed by atoms with Gasteiger partial charge in [0.15, 0.2) is 0 Å². The van der Waals surface area contributed by atoms with Crippen LogP contribution in [0.5, 0.6) is 0 Å². The fourth-order valence-corrected chi connectivity index (χ4v) is 14.0. The molecule has 330 valence electrons. The van der Waals surface area contributed by atoms with Gasteiger partial charge in [0.25, 0.3) is 6.71 Å². The van der Waals surface area contributed by atoms with Crippen molar-refractivity contribution in [2.24, 2.45) is 0 Å². The molecular weight excluding hydrogens is 852 g/mol. The van der Waals surface area contributed by atoms with E-state index in [0.29, 0.717) is 5.92 Å². The fraction of sp³-hybridized carbons (Fsp3) is 0.138. The first-order valence-corrected chi connectivity index (χ1v) is 25.5. The van der Waals surface area contributed by atoms with E-state index in [4.69, 9.17) is 0 Å². The molecule has 9 aromatic carbocycles. The van der Waals surface area contributed by atoms with Crippen molar-refractivity contribution in [3.8, 4) is 33.4 Å². The number of thiophene rings is 1. The Hall–Kier alpha value is -7.40. The summed E-state index contributed by atoms with van der Waals surface area (Å²) in [5, 5.41) is 1.31. The summed E-state index contributed by atoms with van der Waals surface area (Å²) in [5.41, 5.74) is 27.0. The highest BCUT2D eigenvalue weighted by Crippen LogP contribution is 2.64. The number of aryl methyl sites for hydroxylation is 1. The van der Waals surface area contributed by atoms with Gasteiger partial charge in [-0.25, -0.2) is 0 Å². The molecule has 2 aliphatic heterocycles. The van der Waals surface area contributed by atoms with E-state index < -0.39 is 5.41 Å². The van der Waals surface area contributed by atoms with Crippen LogP contribution in [0.25, 0.3) is 43.5 Å². The number of anilines is 6. The molecule has 0 amide bonds. The van der Waals surface area contributed by atoms with Crippen molar-refractivity contribution in [3.05, 3.63) is 233 Å². The first-order valence-electron chi connectivity index (χ1n) is 24.6. The van der Waals surface area contributed by atoms with E-state index in [1.807, 2.05) is 11.3 Å². The highest BCUT2D eigenvalue weighted by molar-refractivity contribution is 7.33. The van der Waals surface area contributed by atoms with Crippen LogP contribution >= 0.6 is 11.3 Å². The number of hydrogen-bond donors (Lipinski definition) is 0. The Morgan fingerprint density at radius 1 is 0.507 bits per heavy atom. The van der Waals surface area contributed by atoms with Crippen LogP contribution in [0.15, 0.2) is 194 Å². The number of hydrogen-bond acceptors (Lipinski definition) is 3. The maximum absolute atomic E-state index is 2.62. The molecule has 3 heterocycles. The predicted molar refractivity (Wildman–Crippen MR) is 295 cm³/mol. The smallest absolute Gasteiger partial charge is 0.264 e. The molecule has 14 rings (SSSR count). The van der Waals surface area contributed by atoms with Crippen molar-refractivity contribution in [2.45, 2.75) is 58.3 Å². The molecular formula is C65H51BN2S. The van der Waals surface area contributed by atoms with Gasteiger partial charge in [0, 0.05) is 43.3 Å². The van der Waals surface area contributed by atoms with Gasteiger partial charge in [0.05, 0.1) is 11.1 Å². The van der Waals surface area contributed by atoms with Crippen LogP contribution in [0.2, 0.25) is 0 Å². The second-order valence-corrected chi connectivity index (χ2v) is 22.2. The molecule has 0 saturated heterocycles. The molecule has 69 heavy (non-hydrogen) atoms. The quantitative estimate of drug-likeness (QED) is 0.162. The predicted octanol–water partition coefficient (Wildman–Crippen LogP) is 15.7. The zero-order valence-electron chi connectivity index (χ0n) is 39.9. The lowest BCUT2D eigenvalue weighted by molar-refractivity contribution is 0.590. The fourth-order valence-electron chi connectivity index (χ4n) is 12.7. The van der Waals surface area contributed by atoms with Gasteiger partial charge >= 0.3 is 0 Å². The molecule has 1 spiro atoms. The Kier molecular flexibility index (Phi) is 8.58. The summed E-state index contributed by atoms with van der Waals surface area (Å²) in [6.07, 6.45) is 0. The van der Waals surface area contributed by atoms with E-state index >= 15 is 0 Å². The third kappa shape index (κ3) is 5.61. The number of rotatable bonds is 4. The molecule has 10 aromatic rings. The minimum atomic E-state index is -0.428. The number of benzene rings is 9. The summed E-state index contributed by atoms with van der Waals surface area (Å²) < 4.78 is 2.72. The minimum absolute atomic E-state index is 0.0190. The van der Waals surface area contributed by atoms with Gasteiger partial charge < -0.3 is 9.80 Å². The van der Waals surface area contributed by atoms with E-state index in [9.17, 15) is 0 Å². The molecule has 4 heteroatoms. The molecule has 2 aliphatic carbocycles. The van der Waals surface area contributed by atoms with Crippen molar-refractivity contribution < 1.29 is 0 Å².